The molecule has 0 aliphatic carbocycles. The summed E-state index contributed by atoms with van der Waals surface area (Å²) in [4.78, 5) is 24.6. The summed E-state index contributed by atoms with van der Waals surface area (Å²) in [5.41, 5.74) is 1.05. The quantitative estimate of drug-likeness (QED) is 0.582. The Labute approximate surface area is 101 Å². The van der Waals surface area contributed by atoms with E-state index in [0.29, 0.717) is 13.0 Å². The zero-order valence-corrected chi connectivity index (χ0v) is 9.58. The largest absolute Gasteiger partial charge is 0.329 e. The molecule has 0 saturated carbocycles. The van der Waals surface area contributed by atoms with Crippen LogP contribution in [0.5, 0.6) is 0 Å². The highest BCUT2D eigenvalue weighted by Crippen LogP contribution is 2.33. The summed E-state index contributed by atoms with van der Waals surface area (Å²) < 4.78 is 0. The van der Waals surface area contributed by atoms with Gasteiger partial charge < -0.3 is 9.69 Å². The smallest absolute Gasteiger partial charge is 0.224 e. The van der Waals surface area contributed by atoms with Crippen molar-refractivity contribution in [2.24, 2.45) is 0 Å². The fourth-order valence-corrected chi connectivity index (χ4v) is 2.36. The maximum Gasteiger partial charge on any atom is 0.224 e. The first-order valence-corrected chi connectivity index (χ1v) is 5.68. The number of hydrogen-bond donors (Lipinski definition) is 0. The maximum atomic E-state index is 11.8. The molecular weight excluding hydrogens is 214 g/mol. The zero-order valence-electron chi connectivity index (χ0n) is 9.58. The number of nitrogens with zero attached hydrogens (tertiary/aromatic N) is 1. The minimum absolute atomic E-state index is 0.0239. The van der Waals surface area contributed by atoms with Gasteiger partial charge in [-0.25, -0.2) is 0 Å². The molecule has 1 aromatic carbocycles. The molecule has 0 bridgehead atoms. The Hall–Kier alpha value is -1.90. The molecule has 0 spiro atoms. The van der Waals surface area contributed by atoms with Crippen LogP contribution in [0, 0.1) is 0 Å². The molecule has 88 valence electrons. The number of carbonyl (C=O) groups excluding carboxylic acids is 2. The summed E-state index contributed by atoms with van der Waals surface area (Å²) >= 11 is 0. The van der Waals surface area contributed by atoms with Crippen molar-refractivity contribution >= 4 is 12.2 Å². The van der Waals surface area contributed by atoms with E-state index in [1.54, 1.807) is 11.0 Å². The van der Waals surface area contributed by atoms with Crippen LogP contribution in [0.4, 0.5) is 0 Å². The lowest BCUT2D eigenvalue weighted by atomic mass is 9.92. The molecule has 1 fully saturated rings. The molecule has 3 heteroatoms. The second-order valence-electron chi connectivity index (χ2n) is 4.18. The second-order valence-corrected chi connectivity index (χ2v) is 4.18. The Kier molecular flexibility index (Phi) is 3.38. The Balaban J connectivity index is 2.28. The van der Waals surface area contributed by atoms with Gasteiger partial charge in [0.15, 0.2) is 0 Å². The summed E-state index contributed by atoms with van der Waals surface area (Å²) in [5.74, 6) is -0.00277. The lowest BCUT2D eigenvalue weighted by Gasteiger charge is -2.22. The van der Waals surface area contributed by atoms with Crippen LogP contribution >= 0.6 is 0 Å². The van der Waals surface area contributed by atoms with E-state index in [-0.39, 0.29) is 17.9 Å². The van der Waals surface area contributed by atoms with Crippen molar-refractivity contribution < 1.29 is 9.59 Å². The van der Waals surface area contributed by atoms with E-state index in [0.717, 1.165) is 11.8 Å². The van der Waals surface area contributed by atoms with Crippen molar-refractivity contribution in [3.63, 3.8) is 0 Å². The van der Waals surface area contributed by atoms with Gasteiger partial charge in [0.2, 0.25) is 5.91 Å². The zero-order chi connectivity index (χ0) is 12.3. The van der Waals surface area contributed by atoms with Gasteiger partial charge in [0, 0.05) is 18.9 Å². The monoisotopic (exact) mass is 229 g/mol. The van der Waals surface area contributed by atoms with E-state index in [2.05, 4.69) is 6.58 Å². The molecule has 0 radical (unpaired) electrons. The van der Waals surface area contributed by atoms with E-state index in [4.69, 9.17) is 0 Å². The summed E-state index contributed by atoms with van der Waals surface area (Å²) in [6.07, 6.45) is 2.93. The molecule has 2 atom stereocenters. The number of rotatable bonds is 4. The standard InChI is InChI=1S/C14H15NO2/c1-2-8-15-13(10-16)12(9-14(15)17)11-6-4-3-5-7-11/h2-7,10,12-13H,1,8-9H2. The van der Waals surface area contributed by atoms with Gasteiger partial charge in [-0.2, -0.15) is 0 Å². The van der Waals surface area contributed by atoms with E-state index in [9.17, 15) is 9.59 Å². The number of benzene rings is 1. The third-order valence-corrected chi connectivity index (χ3v) is 3.18. The van der Waals surface area contributed by atoms with Crippen LogP contribution in [0.2, 0.25) is 0 Å². The van der Waals surface area contributed by atoms with Crippen molar-refractivity contribution in [3.8, 4) is 0 Å². The molecule has 2 unspecified atom stereocenters. The first kappa shape index (κ1) is 11.6. The normalized spacial score (nSPS) is 23.8. The second kappa shape index (κ2) is 4.95. The van der Waals surface area contributed by atoms with Gasteiger partial charge in [-0.15, -0.1) is 6.58 Å². The first-order chi connectivity index (χ1) is 8.27. The molecule has 1 saturated heterocycles. The number of aldehydes is 1. The van der Waals surface area contributed by atoms with Crippen LogP contribution in [0.3, 0.4) is 0 Å². The Bertz CT molecular complexity index is 427. The van der Waals surface area contributed by atoms with Crippen LogP contribution in [-0.2, 0) is 9.59 Å². The van der Waals surface area contributed by atoms with E-state index < -0.39 is 0 Å². The Morgan fingerprint density at radius 3 is 2.65 bits per heavy atom. The minimum Gasteiger partial charge on any atom is -0.329 e. The van der Waals surface area contributed by atoms with Gasteiger partial charge >= 0.3 is 0 Å². The van der Waals surface area contributed by atoms with Crippen LogP contribution in [-0.4, -0.2) is 29.7 Å². The van der Waals surface area contributed by atoms with Gasteiger partial charge in [0.1, 0.15) is 6.29 Å². The van der Waals surface area contributed by atoms with E-state index in [1.807, 2.05) is 30.3 Å². The molecule has 1 aliphatic rings. The molecule has 3 nitrogen and oxygen atoms in total. The molecule has 17 heavy (non-hydrogen) atoms. The number of hydrogen-bond acceptors (Lipinski definition) is 2. The van der Waals surface area contributed by atoms with Gasteiger partial charge in [-0.1, -0.05) is 36.4 Å². The van der Waals surface area contributed by atoms with Gasteiger partial charge in [-0.3, -0.25) is 4.79 Å². The third-order valence-electron chi connectivity index (χ3n) is 3.18. The van der Waals surface area contributed by atoms with Crippen LogP contribution in [0.25, 0.3) is 0 Å². The molecular formula is C14H15NO2. The third kappa shape index (κ3) is 2.13. The Morgan fingerprint density at radius 1 is 1.35 bits per heavy atom. The van der Waals surface area contributed by atoms with E-state index >= 15 is 0 Å². The first-order valence-electron chi connectivity index (χ1n) is 5.68. The maximum absolute atomic E-state index is 11.8. The summed E-state index contributed by atoms with van der Waals surface area (Å²) in [6.45, 7) is 4.05. The van der Waals surface area contributed by atoms with Crippen molar-refractivity contribution in [2.75, 3.05) is 6.54 Å². The average molecular weight is 229 g/mol. The van der Waals surface area contributed by atoms with Crippen LogP contribution in [0.1, 0.15) is 17.9 Å². The Morgan fingerprint density at radius 2 is 2.06 bits per heavy atom. The lowest BCUT2D eigenvalue weighted by Crippen LogP contribution is -2.36. The SMILES string of the molecule is C=CCN1C(=O)CC(c2ccccc2)C1C=O. The van der Waals surface area contributed by atoms with Crippen LogP contribution < -0.4 is 0 Å². The molecule has 1 aromatic rings. The van der Waals surface area contributed by atoms with E-state index in [1.165, 1.54) is 0 Å². The van der Waals surface area contributed by atoms with Crippen LogP contribution in [0.15, 0.2) is 43.0 Å². The van der Waals surface area contributed by atoms with Crippen molar-refractivity contribution in [1.82, 2.24) is 4.90 Å². The number of carbonyl (C=O) groups is 2. The highest BCUT2D eigenvalue weighted by Gasteiger charge is 2.39. The topological polar surface area (TPSA) is 37.4 Å². The highest BCUT2D eigenvalue weighted by atomic mass is 16.2. The lowest BCUT2D eigenvalue weighted by molar-refractivity contribution is -0.130. The molecule has 0 N–H and O–H groups in total. The fraction of sp³-hybridized carbons (Fsp3) is 0.286. The molecule has 1 heterocycles. The molecule has 1 amide bonds. The summed E-state index contributed by atoms with van der Waals surface area (Å²) in [6, 6.07) is 9.35. The summed E-state index contributed by atoms with van der Waals surface area (Å²) in [7, 11) is 0. The fourth-order valence-electron chi connectivity index (χ4n) is 2.36. The molecule has 1 aliphatic heterocycles. The van der Waals surface area contributed by atoms with Gasteiger partial charge in [0.05, 0.1) is 6.04 Å². The van der Waals surface area contributed by atoms with Crippen molar-refractivity contribution in [3.05, 3.63) is 48.6 Å². The average Bonchev–Trinajstić information content (AvgIpc) is 2.68. The predicted octanol–water partition coefficient (Wildman–Crippen LogP) is 1.76. The summed E-state index contributed by atoms with van der Waals surface area (Å²) in [5, 5.41) is 0. The predicted molar refractivity (Wildman–Crippen MR) is 65.6 cm³/mol. The number of likely N-dealkylation sites (tertiary alicyclic amines) is 1. The highest BCUT2D eigenvalue weighted by molar-refractivity contribution is 5.85. The van der Waals surface area contributed by atoms with Crippen molar-refractivity contribution in [2.45, 2.75) is 18.4 Å². The molecule has 2 rings (SSSR count). The van der Waals surface area contributed by atoms with Crippen molar-refractivity contribution in [1.29, 1.82) is 0 Å². The minimum atomic E-state index is -0.358. The molecule has 0 aromatic heterocycles. The number of amides is 1. The van der Waals surface area contributed by atoms with Gasteiger partial charge in [-0.05, 0) is 5.56 Å². The van der Waals surface area contributed by atoms with Gasteiger partial charge in [0.25, 0.3) is 0 Å².